The minimum absolute atomic E-state index is 0.00278. The van der Waals surface area contributed by atoms with Crippen molar-refractivity contribution in [2.45, 2.75) is 63.0 Å². The van der Waals surface area contributed by atoms with E-state index in [1.54, 1.807) is 6.07 Å². The molecular weight excluding hydrogens is 371 g/mol. The molecule has 5 rings (SSSR count). The Hall–Kier alpha value is -1.95. The van der Waals surface area contributed by atoms with Crippen molar-refractivity contribution in [2.75, 3.05) is 26.2 Å². The molecule has 1 aliphatic carbocycles. The van der Waals surface area contributed by atoms with E-state index < -0.39 is 17.4 Å². The highest BCUT2D eigenvalue weighted by Gasteiger charge is 2.49. The third-order valence-corrected chi connectivity index (χ3v) is 7.45. The number of hydrogen-bond acceptors (Lipinski definition) is 4. The van der Waals surface area contributed by atoms with Gasteiger partial charge in [-0.15, -0.1) is 0 Å². The molecule has 3 fully saturated rings. The second-order valence-electron chi connectivity index (χ2n) is 9.18. The van der Waals surface area contributed by atoms with E-state index >= 15 is 0 Å². The minimum atomic E-state index is -0.670. The van der Waals surface area contributed by atoms with Crippen LogP contribution in [0.25, 0.3) is 0 Å². The highest BCUT2D eigenvalue weighted by atomic mass is 19.1. The Bertz CT molecular complexity index is 812. The summed E-state index contributed by atoms with van der Waals surface area (Å²) in [6, 6.07) is 4.71. The lowest BCUT2D eigenvalue weighted by Gasteiger charge is -2.38. The summed E-state index contributed by atoms with van der Waals surface area (Å²) in [5.41, 5.74) is 0.472. The minimum Gasteiger partial charge on any atom is -0.451 e. The number of carbonyl (C=O) groups is 2. The maximum atomic E-state index is 13.6. The van der Waals surface area contributed by atoms with Crippen LogP contribution < -0.4 is 0 Å². The maximum absolute atomic E-state index is 13.6. The predicted octanol–water partition coefficient (Wildman–Crippen LogP) is 3.47. The fraction of sp³-hybridized carbons (Fsp3) is 0.652. The molecule has 1 aromatic rings. The van der Waals surface area contributed by atoms with Crippen molar-refractivity contribution in [2.24, 2.45) is 5.92 Å². The zero-order valence-corrected chi connectivity index (χ0v) is 16.9. The van der Waals surface area contributed by atoms with Gasteiger partial charge in [-0.1, -0.05) is 6.07 Å². The number of carbonyl (C=O) groups excluding carboxylic acids is 2. The van der Waals surface area contributed by atoms with E-state index in [-0.39, 0.29) is 11.8 Å². The van der Waals surface area contributed by atoms with Crippen molar-refractivity contribution in [1.29, 1.82) is 0 Å². The molecule has 0 bridgehead atoms. The van der Waals surface area contributed by atoms with Gasteiger partial charge in [0.25, 0.3) is 0 Å². The molecule has 156 valence electrons. The summed E-state index contributed by atoms with van der Waals surface area (Å²) < 4.78 is 19.3. The Morgan fingerprint density at radius 3 is 2.62 bits per heavy atom. The average molecular weight is 400 g/mol. The molecule has 0 unspecified atom stereocenters. The van der Waals surface area contributed by atoms with Gasteiger partial charge in [0.1, 0.15) is 11.4 Å². The summed E-state index contributed by atoms with van der Waals surface area (Å²) in [4.78, 5) is 30.2. The van der Waals surface area contributed by atoms with Crippen molar-refractivity contribution in [3.63, 3.8) is 0 Å². The highest BCUT2D eigenvalue weighted by molar-refractivity contribution is 5.94. The van der Waals surface area contributed by atoms with Gasteiger partial charge in [-0.3, -0.25) is 4.79 Å². The van der Waals surface area contributed by atoms with Crippen LogP contribution in [0.4, 0.5) is 4.39 Å². The molecule has 3 heterocycles. The van der Waals surface area contributed by atoms with Gasteiger partial charge in [-0.2, -0.15) is 0 Å². The molecule has 5 nitrogen and oxygen atoms in total. The van der Waals surface area contributed by atoms with E-state index in [1.807, 2.05) is 0 Å². The number of fused-ring (bicyclic) bond motifs is 2. The Balaban J connectivity index is 1.25. The lowest BCUT2D eigenvalue weighted by Crippen LogP contribution is -2.46. The van der Waals surface area contributed by atoms with Crippen molar-refractivity contribution in [3.8, 4) is 0 Å². The monoisotopic (exact) mass is 400 g/mol. The largest absolute Gasteiger partial charge is 0.451 e. The van der Waals surface area contributed by atoms with E-state index in [9.17, 15) is 14.0 Å². The van der Waals surface area contributed by atoms with Crippen molar-refractivity contribution >= 4 is 11.9 Å². The molecule has 4 aliphatic rings. The van der Waals surface area contributed by atoms with Gasteiger partial charge in [-0.05, 0) is 76.6 Å². The van der Waals surface area contributed by atoms with Gasteiger partial charge in [0.05, 0.1) is 5.56 Å². The first kappa shape index (κ1) is 19.0. The summed E-state index contributed by atoms with van der Waals surface area (Å²) in [5, 5.41) is 0. The summed E-state index contributed by atoms with van der Waals surface area (Å²) in [7, 11) is 0. The first-order valence-corrected chi connectivity index (χ1v) is 11.1. The van der Waals surface area contributed by atoms with E-state index in [0.29, 0.717) is 24.4 Å². The maximum Gasteiger partial charge on any atom is 0.339 e. The summed E-state index contributed by atoms with van der Waals surface area (Å²) in [5.74, 6) is -0.567. The van der Waals surface area contributed by atoms with E-state index in [4.69, 9.17) is 4.74 Å². The smallest absolute Gasteiger partial charge is 0.339 e. The molecule has 1 saturated carbocycles. The average Bonchev–Trinajstić information content (AvgIpc) is 3.44. The molecule has 2 saturated heterocycles. The molecule has 0 aromatic heterocycles. The number of benzene rings is 1. The van der Waals surface area contributed by atoms with Crippen LogP contribution in [0, 0.1) is 11.7 Å². The van der Waals surface area contributed by atoms with Gasteiger partial charge >= 0.3 is 5.97 Å². The number of ether oxygens (including phenoxy) is 1. The number of rotatable bonds is 3. The molecule has 1 spiro atoms. The van der Waals surface area contributed by atoms with E-state index in [1.165, 1.54) is 25.0 Å². The standard InChI is InChI=1S/C23H29FN2O3/c24-17-5-6-20-19(14-17)22(28)29-23(20)9-7-16(8-10-23)21(27)26-13-3-4-18(26)15-25-11-1-2-12-25/h5-6,14,16,18H,1-4,7-13,15H2/t16?,18-,23?/m0/s1. The number of nitrogens with zero attached hydrogens (tertiary/aromatic N) is 2. The quantitative estimate of drug-likeness (QED) is 0.729. The number of hydrogen-bond donors (Lipinski definition) is 0. The number of halogens is 1. The first-order chi connectivity index (χ1) is 14.1. The molecule has 1 aromatic carbocycles. The van der Waals surface area contributed by atoms with E-state index in [2.05, 4.69) is 9.80 Å². The van der Waals surface area contributed by atoms with Crippen LogP contribution in [0.1, 0.15) is 67.3 Å². The third kappa shape index (κ3) is 3.35. The van der Waals surface area contributed by atoms with Crippen LogP contribution in [0.5, 0.6) is 0 Å². The Labute approximate surface area is 171 Å². The van der Waals surface area contributed by atoms with Gasteiger partial charge in [0.15, 0.2) is 0 Å². The normalized spacial score (nSPS) is 32.0. The van der Waals surface area contributed by atoms with Gasteiger partial charge in [0.2, 0.25) is 5.91 Å². The Kier molecular flexibility index (Phi) is 4.85. The van der Waals surface area contributed by atoms with Crippen LogP contribution in [-0.4, -0.2) is 53.9 Å². The number of likely N-dealkylation sites (tertiary alicyclic amines) is 2. The van der Waals surface area contributed by atoms with Crippen LogP contribution >= 0.6 is 0 Å². The predicted molar refractivity (Wildman–Crippen MR) is 106 cm³/mol. The zero-order valence-electron chi connectivity index (χ0n) is 16.9. The molecule has 1 amide bonds. The molecule has 0 N–H and O–H groups in total. The molecule has 0 radical (unpaired) electrons. The topological polar surface area (TPSA) is 49.9 Å². The van der Waals surface area contributed by atoms with Crippen molar-refractivity contribution in [1.82, 2.24) is 9.80 Å². The zero-order chi connectivity index (χ0) is 20.0. The first-order valence-electron chi connectivity index (χ1n) is 11.1. The SMILES string of the molecule is O=C1OC2(CCC(C(=O)N3CCC[C@H]3CN3CCCC3)CC2)c2ccc(F)cc21. The molecule has 1 atom stereocenters. The number of esters is 1. The lowest BCUT2D eigenvalue weighted by atomic mass is 9.74. The summed E-state index contributed by atoms with van der Waals surface area (Å²) >= 11 is 0. The Morgan fingerprint density at radius 1 is 1.10 bits per heavy atom. The summed E-state index contributed by atoms with van der Waals surface area (Å²) in [6.07, 6.45) is 7.46. The second kappa shape index (κ2) is 7.38. The third-order valence-electron chi connectivity index (χ3n) is 7.45. The van der Waals surface area contributed by atoms with Crippen LogP contribution in [0.3, 0.4) is 0 Å². The fourth-order valence-corrected chi connectivity index (χ4v) is 5.89. The molecule has 6 heteroatoms. The van der Waals surface area contributed by atoms with Gasteiger partial charge < -0.3 is 14.5 Å². The molecular formula is C23H29FN2O3. The molecule has 29 heavy (non-hydrogen) atoms. The van der Waals surface area contributed by atoms with Crippen LogP contribution in [0.2, 0.25) is 0 Å². The lowest BCUT2D eigenvalue weighted by molar-refractivity contribution is -0.139. The van der Waals surface area contributed by atoms with Gasteiger partial charge in [-0.25, -0.2) is 9.18 Å². The van der Waals surface area contributed by atoms with Crippen molar-refractivity contribution in [3.05, 3.63) is 35.1 Å². The molecule has 3 aliphatic heterocycles. The summed E-state index contributed by atoms with van der Waals surface area (Å²) in [6.45, 7) is 4.21. The second-order valence-corrected chi connectivity index (χ2v) is 9.18. The number of amides is 1. The van der Waals surface area contributed by atoms with E-state index in [0.717, 1.165) is 57.4 Å². The fourth-order valence-electron chi connectivity index (χ4n) is 5.89. The Morgan fingerprint density at radius 2 is 1.86 bits per heavy atom. The van der Waals surface area contributed by atoms with Crippen LogP contribution in [-0.2, 0) is 15.1 Å². The van der Waals surface area contributed by atoms with Gasteiger partial charge in [0, 0.05) is 30.6 Å². The van der Waals surface area contributed by atoms with Crippen LogP contribution in [0.15, 0.2) is 18.2 Å². The van der Waals surface area contributed by atoms with Crippen molar-refractivity contribution < 1.29 is 18.7 Å². The highest BCUT2D eigenvalue weighted by Crippen LogP contribution is 2.48.